The van der Waals surface area contributed by atoms with E-state index in [2.05, 4.69) is 4.98 Å². The molecule has 1 fully saturated rings. The number of nitrogens with zero attached hydrogens (tertiary/aromatic N) is 3. The highest BCUT2D eigenvalue weighted by Crippen LogP contribution is 2.35. The molecule has 0 N–H and O–H groups in total. The van der Waals surface area contributed by atoms with E-state index in [1.54, 1.807) is 0 Å². The van der Waals surface area contributed by atoms with Crippen molar-refractivity contribution in [2.45, 2.75) is 63.7 Å². The molecule has 0 unspecified atom stereocenters. The van der Waals surface area contributed by atoms with Gasteiger partial charge in [0, 0.05) is 55.0 Å². The summed E-state index contributed by atoms with van der Waals surface area (Å²) in [4.78, 5) is 11.1. The first-order chi connectivity index (χ1) is 13.4. The molecule has 1 aliphatic heterocycles. The zero-order chi connectivity index (χ0) is 19.7. The Kier molecular flexibility index (Phi) is 5.36. The van der Waals surface area contributed by atoms with Crippen LogP contribution in [0.4, 0.5) is 17.6 Å². The second-order valence-electron chi connectivity index (χ2n) is 7.76. The number of rotatable bonds is 3. The van der Waals surface area contributed by atoms with Gasteiger partial charge in [0.15, 0.2) is 0 Å². The van der Waals surface area contributed by atoms with Crippen molar-refractivity contribution < 1.29 is 17.6 Å². The van der Waals surface area contributed by atoms with Gasteiger partial charge < -0.3 is 0 Å². The van der Waals surface area contributed by atoms with E-state index in [9.17, 15) is 17.6 Å². The fraction of sp³-hybridized carbons (Fsp3) is 0.524. The summed E-state index contributed by atoms with van der Waals surface area (Å²) < 4.78 is 53.9. The molecule has 0 atom stereocenters. The minimum atomic E-state index is -4.57. The van der Waals surface area contributed by atoms with Crippen molar-refractivity contribution in [3.05, 3.63) is 58.4 Å². The van der Waals surface area contributed by atoms with Crippen LogP contribution in [0.1, 0.15) is 66.2 Å². The summed E-state index contributed by atoms with van der Waals surface area (Å²) in [5.41, 5.74) is 0.715. The van der Waals surface area contributed by atoms with E-state index < -0.39 is 17.6 Å². The molecule has 1 saturated carbocycles. The van der Waals surface area contributed by atoms with Gasteiger partial charge in [0.25, 0.3) is 0 Å². The molecule has 0 saturated heterocycles. The third-order valence-corrected chi connectivity index (χ3v) is 5.81. The van der Waals surface area contributed by atoms with Gasteiger partial charge in [0.2, 0.25) is 0 Å². The summed E-state index contributed by atoms with van der Waals surface area (Å²) in [5.74, 6) is 0.509. The summed E-state index contributed by atoms with van der Waals surface area (Å²) in [5, 5.41) is 0. The lowest BCUT2D eigenvalue weighted by molar-refractivity contribution is -0.138. The van der Waals surface area contributed by atoms with Crippen molar-refractivity contribution in [2.24, 2.45) is 0 Å². The highest BCUT2D eigenvalue weighted by atomic mass is 19.4. The lowest BCUT2D eigenvalue weighted by atomic mass is 9.88. The van der Waals surface area contributed by atoms with E-state index in [0.29, 0.717) is 25.4 Å². The minimum Gasteiger partial charge on any atom is -0.294 e. The Labute approximate surface area is 161 Å². The van der Waals surface area contributed by atoms with Crippen LogP contribution < -0.4 is 0 Å². The lowest BCUT2D eigenvalue weighted by Gasteiger charge is -2.30. The van der Waals surface area contributed by atoms with E-state index >= 15 is 0 Å². The molecule has 2 aromatic rings. The van der Waals surface area contributed by atoms with Gasteiger partial charge in [-0.25, -0.2) is 14.4 Å². The van der Waals surface area contributed by atoms with Gasteiger partial charge in [0.05, 0.1) is 5.56 Å². The lowest BCUT2D eigenvalue weighted by Crippen LogP contribution is -2.32. The monoisotopic (exact) mass is 393 g/mol. The van der Waals surface area contributed by atoms with Gasteiger partial charge in [0.1, 0.15) is 11.6 Å². The molecular weight excluding hydrogens is 370 g/mol. The van der Waals surface area contributed by atoms with Crippen LogP contribution in [0, 0.1) is 5.82 Å². The molecule has 2 aliphatic rings. The summed E-state index contributed by atoms with van der Waals surface area (Å²) >= 11 is 0. The van der Waals surface area contributed by atoms with E-state index in [1.165, 1.54) is 19.3 Å². The Balaban J connectivity index is 1.51. The molecule has 4 rings (SSSR count). The van der Waals surface area contributed by atoms with Crippen molar-refractivity contribution in [1.82, 2.24) is 14.9 Å². The highest BCUT2D eigenvalue weighted by molar-refractivity contribution is 5.31. The van der Waals surface area contributed by atoms with Crippen LogP contribution in [0.5, 0.6) is 0 Å². The van der Waals surface area contributed by atoms with Crippen LogP contribution >= 0.6 is 0 Å². The first kappa shape index (κ1) is 19.3. The number of fused-ring (bicyclic) bond motifs is 1. The third kappa shape index (κ3) is 4.04. The molecule has 28 heavy (non-hydrogen) atoms. The molecule has 1 aromatic carbocycles. The maximum atomic E-state index is 14.1. The average molecular weight is 393 g/mol. The van der Waals surface area contributed by atoms with Gasteiger partial charge in [-0.05, 0) is 25.0 Å². The number of hydrogen-bond donors (Lipinski definition) is 0. The Hall–Kier alpha value is -2.02. The molecule has 3 nitrogen and oxygen atoms in total. The van der Waals surface area contributed by atoms with Crippen LogP contribution in [-0.2, 0) is 25.7 Å². The van der Waals surface area contributed by atoms with Crippen molar-refractivity contribution >= 4 is 0 Å². The maximum Gasteiger partial charge on any atom is 0.416 e. The topological polar surface area (TPSA) is 29.0 Å². The summed E-state index contributed by atoms with van der Waals surface area (Å²) in [7, 11) is 0. The second kappa shape index (κ2) is 7.78. The molecule has 1 aromatic heterocycles. The fourth-order valence-electron chi connectivity index (χ4n) is 4.29. The van der Waals surface area contributed by atoms with E-state index in [1.807, 2.05) is 11.1 Å². The molecule has 7 heteroatoms. The van der Waals surface area contributed by atoms with Crippen LogP contribution in [0.15, 0.2) is 24.4 Å². The predicted octanol–water partition coefficient (Wildman–Crippen LogP) is 5.24. The Morgan fingerprint density at radius 3 is 2.64 bits per heavy atom. The van der Waals surface area contributed by atoms with Gasteiger partial charge in [-0.1, -0.05) is 25.3 Å². The molecular formula is C21H23F4N3. The Bertz CT molecular complexity index is 844. The average Bonchev–Trinajstić information content (AvgIpc) is 2.69. The molecule has 0 amide bonds. The molecule has 150 valence electrons. The van der Waals surface area contributed by atoms with Gasteiger partial charge in [-0.15, -0.1) is 0 Å². The molecule has 2 heterocycles. The second-order valence-corrected chi connectivity index (χ2v) is 7.76. The predicted molar refractivity (Wildman–Crippen MR) is 97.1 cm³/mol. The quantitative estimate of drug-likeness (QED) is 0.668. The van der Waals surface area contributed by atoms with Gasteiger partial charge in [-0.2, -0.15) is 13.2 Å². The number of benzene rings is 1. The molecule has 1 aliphatic carbocycles. The molecule has 0 radical (unpaired) electrons. The van der Waals surface area contributed by atoms with E-state index in [4.69, 9.17) is 4.98 Å². The summed E-state index contributed by atoms with van der Waals surface area (Å²) in [6.45, 7) is 0.914. The number of aromatic nitrogens is 2. The third-order valence-electron chi connectivity index (χ3n) is 5.81. The normalized spacial score (nSPS) is 18.9. The van der Waals surface area contributed by atoms with E-state index in [-0.39, 0.29) is 12.1 Å². The zero-order valence-electron chi connectivity index (χ0n) is 15.6. The maximum absolute atomic E-state index is 14.1. The minimum absolute atomic E-state index is 0.0780. The summed E-state index contributed by atoms with van der Waals surface area (Å²) in [6.07, 6.45) is 3.83. The molecule has 0 bridgehead atoms. The smallest absolute Gasteiger partial charge is 0.294 e. The van der Waals surface area contributed by atoms with Crippen molar-refractivity contribution in [1.29, 1.82) is 0 Å². The highest BCUT2D eigenvalue weighted by Gasteiger charge is 2.35. The van der Waals surface area contributed by atoms with Gasteiger partial charge >= 0.3 is 6.18 Å². The first-order valence-electron chi connectivity index (χ1n) is 9.83. The van der Waals surface area contributed by atoms with Gasteiger partial charge in [-0.3, -0.25) is 4.90 Å². The number of hydrogen-bond acceptors (Lipinski definition) is 3. The fourth-order valence-corrected chi connectivity index (χ4v) is 4.29. The van der Waals surface area contributed by atoms with Crippen molar-refractivity contribution in [3.8, 4) is 0 Å². The SMILES string of the molecule is Fc1cccc(C(F)(F)F)c1CN1CCc2nc(C3CCCCC3)ncc2C1. The van der Waals surface area contributed by atoms with Crippen LogP contribution in [0.25, 0.3) is 0 Å². The zero-order valence-corrected chi connectivity index (χ0v) is 15.6. The molecule has 0 spiro atoms. The Morgan fingerprint density at radius 1 is 1.11 bits per heavy atom. The largest absolute Gasteiger partial charge is 0.416 e. The van der Waals surface area contributed by atoms with E-state index in [0.717, 1.165) is 48.1 Å². The number of halogens is 4. The Morgan fingerprint density at radius 2 is 1.89 bits per heavy atom. The standard InChI is InChI=1S/C21H23F4N3/c22-18-8-4-7-17(21(23,24)25)16(18)13-28-10-9-19-15(12-28)11-26-20(27-19)14-5-2-1-3-6-14/h4,7-8,11,14H,1-3,5-6,9-10,12-13H2. The summed E-state index contributed by atoms with van der Waals surface area (Å²) in [6, 6.07) is 3.13. The van der Waals surface area contributed by atoms with Crippen LogP contribution in [0.3, 0.4) is 0 Å². The number of alkyl halides is 3. The van der Waals surface area contributed by atoms with Crippen LogP contribution in [0.2, 0.25) is 0 Å². The van der Waals surface area contributed by atoms with Crippen molar-refractivity contribution in [2.75, 3.05) is 6.54 Å². The van der Waals surface area contributed by atoms with Crippen molar-refractivity contribution in [3.63, 3.8) is 0 Å². The first-order valence-corrected chi connectivity index (χ1v) is 9.83. The van der Waals surface area contributed by atoms with Crippen LogP contribution in [-0.4, -0.2) is 21.4 Å².